The van der Waals surface area contributed by atoms with Gasteiger partial charge in [0.25, 0.3) is 0 Å². The minimum Gasteiger partial charge on any atom is -0.469 e. The number of methoxy groups -OCH3 is 1. The van der Waals surface area contributed by atoms with Crippen LogP contribution in [0.15, 0.2) is 4.34 Å². The summed E-state index contributed by atoms with van der Waals surface area (Å²) in [5, 5.41) is 0.176. The van der Waals surface area contributed by atoms with Crippen LogP contribution >= 0.6 is 23.3 Å². The fourth-order valence-corrected chi connectivity index (χ4v) is 2.81. The second-order valence-electron chi connectivity index (χ2n) is 2.82. The number of aromatic nitrogens is 2. The lowest BCUT2D eigenvalue weighted by atomic mass is 10.3. The van der Waals surface area contributed by atoms with Crippen LogP contribution in [0.1, 0.15) is 19.2 Å². The van der Waals surface area contributed by atoms with E-state index in [-0.39, 0.29) is 11.2 Å². The van der Waals surface area contributed by atoms with Crippen LogP contribution in [0, 0.1) is 6.92 Å². The Hall–Kier alpha value is -0.620. The van der Waals surface area contributed by atoms with Crippen molar-refractivity contribution in [3.63, 3.8) is 0 Å². The predicted molar refractivity (Wildman–Crippen MR) is 56.6 cm³/mol. The SMILES string of the molecule is COC(=O)CC(C)Sc1nc(C)ns1. The molecule has 0 aliphatic heterocycles. The molecule has 0 bridgehead atoms. The van der Waals surface area contributed by atoms with Gasteiger partial charge in [-0.1, -0.05) is 18.7 Å². The largest absolute Gasteiger partial charge is 0.469 e. The summed E-state index contributed by atoms with van der Waals surface area (Å²) in [7, 11) is 1.40. The molecule has 0 aliphatic carbocycles. The Kier molecular flexibility index (Phi) is 4.34. The first kappa shape index (κ1) is 11.5. The minimum absolute atomic E-state index is 0.176. The summed E-state index contributed by atoms with van der Waals surface area (Å²) in [6, 6.07) is 0. The lowest BCUT2D eigenvalue weighted by Gasteiger charge is -2.05. The zero-order valence-corrected chi connectivity index (χ0v) is 9.94. The van der Waals surface area contributed by atoms with Gasteiger partial charge in [-0.2, -0.15) is 4.37 Å². The molecule has 0 saturated carbocycles. The summed E-state index contributed by atoms with van der Waals surface area (Å²) < 4.78 is 9.54. The molecule has 0 N–H and O–H groups in total. The molecule has 1 unspecified atom stereocenters. The molecule has 4 nitrogen and oxygen atoms in total. The first-order valence-corrected chi connectivity index (χ1v) is 5.81. The van der Waals surface area contributed by atoms with Crippen LogP contribution in [0.25, 0.3) is 0 Å². The molecule has 0 fully saturated rings. The molecule has 14 heavy (non-hydrogen) atoms. The Bertz CT molecular complexity index is 314. The minimum atomic E-state index is -0.189. The van der Waals surface area contributed by atoms with Gasteiger partial charge in [0.1, 0.15) is 5.82 Å². The molecule has 1 atom stereocenters. The molecule has 0 amide bonds. The lowest BCUT2D eigenvalue weighted by Crippen LogP contribution is -2.08. The second kappa shape index (κ2) is 5.31. The Morgan fingerprint density at radius 3 is 2.93 bits per heavy atom. The standard InChI is InChI=1S/C8H12N2O2S2/c1-5(4-7(11)12-3)13-8-9-6(2)10-14-8/h5H,4H2,1-3H3. The molecular weight excluding hydrogens is 220 g/mol. The number of nitrogens with zero attached hydrogens (tertiary/aromatic N) is 2. The molecule has 6 heteroatoms. The molecule has 0 radical (unpaired) electrons. The maximum Gasteiger partial charge on any atom is 0.306 e. The second-order valence-corrected chi connectivity index (χ2v) is 5.25. The lowest BCUT2D eigenvalue weighted by molar-refractivity contribution is -0.140. The van der Waals surface area contributed by atoms with E-state index in [0.29, 0.717) is 6.42 Å². The average molecular weight is 232 g/mol. The normalized spacial score (nSPS) is 12.5. The zero-order chi connectivity index (χ0) is 10.6. The van der Waals surface area contributed by atoms with Crippen molar-refractivity contribution in [3.05, 3.63) is 5.82 Å². The average Bonchev–Trinajstić information content (AvgIpc) is 2.50. The molecule has 0 aliphatic rings. The van der Waals surface area contributed by atoms with Crippen molar-refractivity contribution in [1.82, 2.24) is 9.36 Å². The van der Waals surface area contributed by atoms with Gasteiger partial charge in [-0.25, -0.2) is 4.98 Å². The fraction of sp³-hybridized carbons (Fsp3) is 0.625. The molecule has 0 saturated heterocycles. The first-order chi connectivity index (χ1) is 6.61. The van der Waals surface area contributed by atoms with E-state index < -0.39 is 0 Å². The molecule has 78 valence electrons. The van der Waals surface area contributed by atoms with Crippen molar-refractivity contribution in [3.8, 4) is 0 Å². The number of hydrogen-bond donors (Lipinski definition) is 0. The van der Waals surface area contributed by atoms with Crippen molar-refractivity contribution in [2.75, 3.05) is 7.11 Å². The number of aryl methyl sites for hydroxylation is 1. The van der Waals surface area contributed by atoms with Crippen molar-refractivity contribution in [1.29, 1.82) is 0 Å². The molecule has 1 aromatic rings. The summed E-state index contributed by atoms with van der Waals surface area (Å²) in [4.78, 5) is 15.2. The van der Waals surface area contributed by atoms with Gasteiger partial charge in [0.15, 0.2) is 4.34 Å². The van der Waals surface area contributed by atoms with Gasteiger partial charge >= 0.3 is 5.97 Å². The Morgan fingerprint density at radius 2 is 2.43 bits per heavy atom. The van der Waals surface area contributed by atoms with E-state index in [9.17, 15) is 4.79 Å². The number of carbonyl (C=O) groups excluding carboxylic acids is 1. The molecule has 1 aromatic heterocycles. The fourth-order valence-electron chi connectivity index (χ4n) is 0.858. The quantitative estimate of drug-likeness (QED) is 0.586. The van der Waals surface area contributed by atoms with Crippen LogP contribution in [0.4, 0.5) is 0 Å². The molecule has 1 heterocycles. The highest BCUT2D eigenvalue weighted by Gasteiger charge is 2.12. The number of thioether (sulfide) groups is 1. The van der Waals surface area contributed by atoms with E-state index in [2.05, 4.69) is 14.1 Å². The van der Waals surface area contributed by atoms with Crippen LogP contribution in [0.5, 0.6) is 0 Å². The van der Waals surface area contributed by atoms with Crippen LogP contribution in [-0.2, 0) is 9.53 Å². The van der Waals surface area contributed by atoms with E-state index in [1.54, 1.807) is 11.8 Å². The van der Waals surface area contributed by atoms with E-state index in [1.165, 1.54) is 18.6 Å². The highest BCUT2D eigenvalue weighted by atomic mass is 32.2. The summed E-state index contributed by atoms with van der Waals surface area (Å²) in [6.07, 6.45) is 0.403. The van der Waals surface area contributed by atoms with Gasteiger partial charge < -0.3 is 4.74 Å². The van der Waals surface area contributed by atoms with Crippen LogP contribution in [0.3, 0.4) is 0 Å². The summed E-state index contributed by atoms with van der Waals surface area (Å²) in [5.41, 5.74) is 0. The predicted octanol–water partition coefficient (Wildman–Crippen LogP) is 1.89. The highest BCUT2D eigenvalue weighted by molar-refractivity contribution is 8.01. The molecule has 0 aromatic carbocycles. The molecule has 1 rings (SSSR count). The zero-order valence-electron chi connectivity index (χ0n) is 8.31. The third kappa shape index (κ3) is 3.63. The van der Waals surface area contributed by atoms with Gasteiger partial charge in [-0.3, -0.25) is 4.79 Å². The van der Waals surface area contributed by atoms with Gasteiger partial charge in [0.2, 0.25) is 0 Å². The van der Waals surface area contributed by atoms with E-state index in [4.69, 9.17) is 0 Å². The van der Waals surface area contributed by atoms with Crippen molar-refractivity contribution in [2.24, 2.45) is 0 Å². The van der Waals surface area contributed by atoms with Gasteiger partial charge in [0, 0.05) is 5.25 Å². The molecular formula is C8H12N2O2S2. The highest BCUT2D eigenvalue weighted by Crippen LogP contribution is 2.26. The van der Waals surface area contributed by atoms with Gasteiger partial charge in [-0.05, 0) is 18.5 Å². The monoisotopic (exact) mass is 232 g/mol. The third-order valence-electron chi connectivity index (χ3n) is 1.49. The Labute approximate surface area is 91.2 Å². The van der Waals surface area contributed by atoms with Crippen LogP contribution in [-0.4, -0.2) is 27.7 Å². The summed E-state index contributed by atoms with van der Waals surface area (Å²) in [5.74, 6) is 0.592. The maximum atomic E-state index is 10.9. The number of hydrogen-bond acceptors (Lipinski definition) is 6. The number of ether oxygens (including phenoxy) is 1. The first-order valence-electron chi connectivity index (χ1n) is 4.15. The Balaban J connectivity index is 2.41. The van der Waals surface area contributed by atoms with E-state index in [0.717, 1.165) is 10.2 Å². The van der Waals surface area contributed by atoms with Crippen molar-refractivity contribution >= 4 is 29.3 Å². The van der Waals surface area contributed by atoms with Gasteiger partial charge in [0.05, 0.1) is 13.5 Å². The van der Waals surface area contributed by atoms with Crippen LogP contribution in [0.2, 0.25) is 0 Å². The maximum absolute atomic E-state index is 10.9. The topological polar surface area (TPSA) is 52.1 Å². The number of esters is 1. The van der Waals surface area contributed by atoms with Crippen molar-refractivity contribution in [2.45, 2.75) is 29.9 Å². The van der Waals surface area contributed by atoms with Gasteiger partial charge in [-0.15, -0.1) is 0 Å². The van der Waals surface area contributed by atoms with Crippen molar-refractivity contribution < 1.29 is 9.53 Å². The number of carbonyl (C=O) groups is 1. The third-order valence-corrected chi connectivity index (χ3v) is 3.47. The van der Waals surface area contributed by atoms with Crippen LogP contribution < -0.4 is 0 Å². The van der Waals surface area contributed by atoms with E-state index in [1.807, 2.05) is 13.8 Å². The number of rotatable bonds is 4. The molecule has 0 spiro atoms. The smallest absolute Gasteiger partial charge is 0.306 e. The van der Waals surface area contributed by atoms with E-state index >= 15 is 0 Å². The summed E-state index contributed by atoms with van der Waals surface area (Å²) >= 11 is 2.91. The summed E-state index contributed by atoms with van der Waals surface area (Å²) in [6.45, 7) is 3.82. The Morgan fingerprint density at radius 1 is 1.71 bits per heavy atom.